The highest BCUT2D eigenvalue weighted by molar-refractivity contribution is 5.25. The number of ether oxygens (including phenoxy) is 1. The molecule has 0 aromatic heterocycles. The predicted octanol–water partition coefficient (Wildman–Crippen LogP) is 2.53. The quantitative estimate of drug-likeness (QED) is 0.603. The smallest absolute Gasteiger partial charge is 0.0780 e. The van der Waals surface area contributed by atoms with Crippen LogP contribution in [0.4, 0.5) is 0 Å². The molecule has 0 bridgehead atoms. The maximum absolute atomic E-state index is 5.89. The summed E-state index contributed by atoms with van der Waals surface area (Å²) in [5.74, 6) is 1.18. The second-order valence-corrected chi connectivity index (χ2v) is 4.18. The van der Waals surface area contributed by atoms with Crippen molar-refractivity contribution in [3.8, 4) is 0 Å². The molecule has 1 saturated heterocycles. The minimum atomic E-state index is 0.230. The van der Waals surface area contributed by atoms with Crippen LogP contribution in [0, 0.1) is 11.8 Å². The van der Waals surface area contributed by atoms with E-state index in [1.54, 1.807) is 0 Å². The summed E-state index contributed by atoms with van der Waals surface area (Å²) in [4.78, 5) is 4.15. The first kappa shape index (κ1) is 10.7. The Balaban J connectivity index is 2.72. The molecular formula is C11H21NO. The van der Waals surface area contributed by atoms with E-state index in [0.717, 1.165) is 6.42 Å². The Kier molecular flexibility index (Phi) is 3.48. The van der Waals surface area contributed by atoms with E-state index in [1.807, 2.05) is 0 Å². The molecule has 1 rings (SSSR count). The topological polar surface area (TPSA) is 21.6 Å². The second-order valence-electron chi connectivity index (χ2n) is 4.18. The average molecular weight is 183 g/mol. The van der Waals surface area contributed by atoms with Crippen LogP contribution in [0.2, 0.25) is 0 Å². The van der Waals surface area contributed by atoms with Crippen molar-refractivity contribution in [1.82, 2.24) is 0 Å². The molecule has 0 spiro atoms. The Morgan fingerprint density at radius 2 is 1.85 bits per heavy atom. The third kappa shape index (κ3) is 1.93. The van der Waals surface area contributed by atoms with E-state index in [0.29, 0.717) is 17.9 Å². The van der Waals surface area contributed by atoms with Gasteiger partial charge >= 0.3 is 0 Å². The van der Waals surface area contributed by atoms with Crippen LogP contribution in [0.3, 0.4) is 0 Å². The summed E-state index contributed by atoms with van der Waals surface area (Å²) in [6.07, 6.45) is 1.73. The maximum Gasteiger partial charge on any atom is 0.0780 e. The van der Waals surface area contributed by atoms with Crippen LogP contribution >= 0.6 is 0 Å². The van der Waals surface area contributed by atoms with Gasteiger partial charge in [-0.05, 0) is 31.9 Å². The summed E-state index contributed by atoms with van der Waals surface area (Å²) >= 11 is 0. The van der Waals surface area contributed by atoms with Gasteiger partial charge in [-0.15, -0.1) is 0 Å². The normalized spacial score (nSPS) is 46.0. The lowest BCUT2D eigenvalue weighted by molar-refractivity contribution is -0.105. The van der Waals surface area contributed by atoms with Crippen LogP contribution in [0.1, 0.15) is 34.1 Å². The van der Waals surface area contributed by atoms with Crippen molar-refractivity contribution < 1.29 is 4.74 Å². The van der Waals surface area contributed by atoms with Gasteiger partial charge in [-0.2, -0.15) is 0 Å². The minimum Gasteiger partial charge on any atom is -0.373 e. The van der Waals surface area contributed by atoms with E-state index in [4.69, 9.17) is 4.74 Å². The third-order valence-electron chi connectivity index (χ3n) is 3.44. The van der Waals surface area contributed by atoms with Crippen LogP contribution in [0.25, 0.3) is 0 Å². The highest BCUT2D eigenvalue weighted by Crippen LogP contribution is 2.33. The van der Waals surface area contributed by atoms with Crippen LogP contribution in [-0.2, 0) is 4.74 Å². The Labute approximate surface area is 81.4 Å². The zero-order chi connectivity index (χ0) is 10.0. The fourth-order valence-corrected chi connectivity index (χ4v) is 2.34. The molecular weight excluding hydrogens is 162 g/mol. The molecule has 0 aliphatic carbocycles. The highest BCUT2D eigenvalue weighted by Gasteiger charge is 2.37. The summed E-state index contributed by atoms with van der Waals surface area (Å²) in [5.41, 5.74) is 0. The van der Waals surface area contributed by atoms with Crippen LogP contribution < -0.4 is 0 Å². The van der Waals surface area contributed by atoms with E-state index >= 15 is 0 Å². The monoisotopic (exact) mass is 183 g/mol. The summed E-state index contributed by atoms with van der Waals surface area (Å²) in [6, 6.07) is 0.276. The van der Waals surface area contributed by atoms with Gasteiger partial charge in [0.15, 0.2) is 0 Å². The van der Waals surface area contributed by atoms with Gasteiger partial charge in [0.05, 0.1) is 18.2 Å². The molecule has 2 nitrogen and oxygen atoms in total. The molecule has 5 atom stereocenters. The van der Waals surface area contributed by atoms with Crippen molar-refractivity contribution >= 4 is 6.72 Å². The average Bonchev–Trinajstić information content (AvgIpc) is 2.12. The third-order valence-corrected chi connectivity index (χ3v) is 3.44. The van der Waals surface area contributed by atoms with Gasteiger partial charge < -0.3 is 4.74 Å². The lowest BCUT2D eigenvalue weighted by Crippen LogP contribution is -2.46. The molecule has 2 heteroatoms. The lowest BCUT2D eigenvalue weighted by atomic mass is 9.79. The molecule has 76 valence electrons. The largest absolute Gasteiger partial charge is 0.373 e. The molecule has 1 fully saturated rings. The molecule has 0 aromatic carbocycles. The van der Waals surface area contributed by atoms with Crippen molar-refractivity contribution in [3.05, 3.63) is 0 Å². The molecule has 1 aliphatic heterocycles. The number of aliphatic imine (C=N–C) groups is 1. The fourth-order valence-electron chi connectivity index (χ4n) is 2.34. The summed E-state index contributed by atoms with van der Waals surface area (Å²) < 4.78 is 5.89. The summed E-state index contributed by atoms with van der Waals surface area (Å²) in [7, 11) is 0. The first-order chi connectivity index (χ1) is 6.11. The van der Waals surface area contributed by atoms with Crippen LogP contribution in [0.15, 0.2) is 4.99 Å². The van der Waals surface area contributed by atoms with E-state index < -0.39 is 0 Å². The van der Waals surface area contributed by atoms with Crippen molar-refractivity contribution in [2.24, 2.45) is 16.8 Å². The predicted molar refractivity (Wildman–Crippen MR) is 56.3 cm³/mol. The highest BCUT2D eigenvalue weighted by atomic mass is 16.5. The molecule has 1 heterocycles. The van der Waals surface area contributed by atoms with E-state index in [2.05, 4.69) is 39.4 Å². The molecule has 5 unspecified atom stereocenters. The first-order valence-electron chi connectivity index (χ1n) is 5.23. The first-order valence-corrected chi connectivity index (χ1v) is 5.23. The number of hydrogen-bond acceptors (Lipinski definition) is 2. The van der Waals surface area contributed by atoms with Gasteiger partial charge in [-0.25, -0.2) is 0 Å². The van der Waals surface area contributed by atoms with E-state index in [9.17, 15) is 0 Å². The Bertz CT molecular complexity index is 181. The SMILES string of the molecule is C=NC1C(C)OC(CC)C(C)C1C. The van der Waals surface area contributed by atoms with Gasteiger partial charge in [-0.1, -0.05) is 20.8 Å². The molecule has 0 radical (unpaired) electrons. The molecule has 0 saturated carbocycles. The van der Waals surface area contributed by atoms with Crippen molar-refractivity contribution in [2.75, 3.05) is 0 Å². The van der Waals surface area contributed by atoms with Crippen molar-refractivity contribution in [3.63, 3.8) is 0 Å². The van der Waals surface area contributed by atoms with Gasteiger partial charge in [0.1, 0.15) is 0 Å². The fraction of sp³-hybridized carbons (Fsp3) is 0.909. The van der Waals surface area contributed by atoms with Crippen LogP contribution in [-0.4, -0.2) is 25.0 Å². The van der Waals surface area contributed by atoms with E-state index in [1.165, 1.54) is 0 Å². The zero-order valence-electron chi connectivity index (χ0n) is 9.16. The Morgan fingerprint density at radius 1 is 1.23 bits per heavy atom. The van der Waals surface area contributed by atoms with Gasteiger partial charge in [0, 0.05) is 0 Å². The lowest BCUT2D eigenvalue weighted by Gasteiger charge is -2.41. The van der Waals surface area contributed by atoms with Crippen molar-refractivity contribution in [1.29, 1.82) is 0 Å². The maximum atomic E-state index is 5.89. The van der Waals surface area contributed by atoms with Crippen LogP contribution in [0.5, 0.6) is 0 Å². The second kappa shape index (κ2) is 4.23. The molecule has 0 amide bonds. The minimum absolute atomic E-state index is 0.230. The molecule has 0 aromatic rings. The van der Waals surface area contributed by atoms with E-state index in [-0.39, 0.29) is 12.1 Å². The zero-order valence-corrected chi connectivity index (χ0v) is 9.16. The van der Waals surface area contributed by atoms with Gasteiger partial charge in [0.25, 0.3) is 0 Å². The summed E-state index contributed by atoms with van der Waals surface area (Å²) in [5, 5.41) is 0. The molecule has 1 aliphatic rings. The molecule has 13 heavy (non-hydrogen) atoms. The Hall–Kier alpha value is -0.370. The standard InChI is InChI=1S/C11H21NO/c1-6-10-7(2)8(3)11(12-5)9(4)13-10/h7-11H,5-6H2,1-4H3. The number of hydrogen-bond donors (Lipinski definition) is 0. The van der Waals surface area contributed by atoms with Gasteiger partial charge in [-0.3, -0.25) is 4.99 Å². The Morgan fingerprint density at radius 3 is 2.31 bits per heavy atom. The van der Waals surface area contributed by atoms with Gasteiger partial charge in [0.2, 0.25) is 0 Å². The number of nitrogens with zero attached hydrogens (tertiary/aromatic N) is 1. The molecule has 0 N–H and O–H groups in total. The van der Waals surface area contributed by atoms with Crippen molar-refractivity contribution in [2.45, 2.75) is 52.4 Å². The summed E-state index contributed by atoms with van der Waals surface area (Å²) in [6.45, 7) is 12.4. The number of rotatable bonds is 2.